The van der Waals surface area contributed by atoms with Crippen LogP contribution in [0.1, 0.15) is 43.6 Å². The number of imide groups is 1. The van der Waals surface area contributed by atoms with Gasteiger partial charge in [-0.2, -0.15) is 0 Å². The topological polar surface area (TPSA) is 90.0 Å². The van der Waals surface area contributed by atoms with Gasteiger partial charge in [0.1, 0.15) is 12.4 Å². The van der Waals surface area contributed by atoms with E-state index in [9.17, 15) is 23.6 Å². The Kier molecular flexibility index (Phi) is 5.31. The second kappa shape index (κ2) is 8.08. The van der Waals surface area contributed by atoms with Crippen molar-refractivity contribution in [2.75, 3.05) is 6.61 Å². The van der Waals surface area contributed by atoms with Crippen molar-refractivity contribution in [2.24, 2.45) is 0 Å². The van der Waals surface area contributed by atoms with Gasteiger partial charge in [0.25, 0.3) is 17.6 Å². The number of benzene rings is 3. The molecule has 1 aliphatic heterocycles. The average Bonchev–Trinajstić information content (AvgIpc) is 3.01. The van der Waals surface area contributed by atoms with Crippen LogP contribution in [0.25, 0.3) is 10.8 Å². The van der Waals surface area contributed by atoms with E-state index in [1.807, 2.05) is 0 Å². The van der Waals surface area contributed by atoms with Crippen molar-refractivity contribution >= 4 is 34.3 Å². The maximum absolute atomic E-state index is 13.7. The van der Waals surface area contributed by atoms with Crippen LogP contribution in [0.3, 0.4) is 0 Å². The first kappa shape index (κ1) is 20.4. The van der Waals surface area contributed by atoms with Crippen LogP contribution in [-0.4, -0.2) is 35.2 Å². The van der Waals surface area contributed by atoms with Crippen LogP contribution in [0, 0.1) is 5.82 Å². The van der Waals surface area contributed by atoms with Crippen molar-refractivity contribution in [2.45, 2.75) is 13.5 Å². The molecule has 0 aliphatic carbocycles. The summed E-state index contributed by atoms with van der Waals surface area (Å²) in [5.74, 6) is -3.71. The maximum Gasteiger partial charge on any atom is 0.379 e. The van der Waals surface area contributed by atoms with Crippen LogP contribution in [0.2, 0.25) is 0 Å². The molecule has 0 spiro atoms. The second-order valence-electron chi connectivity index (χ2n) is 6.73. The molecule has 31 heavy (non-hydrogen) atoms. The van der Waals surface area contributed by atoms with E-state index >= 15 is 0 Å². The molecule has 0 saturated heterocycles. The molecule has 0 bridgehead atoms. The third-order valence-corrected chi connectivity index (χ3v) is 4.89. The summed E-state index contributed by atoms with van der Waals surface area (Å²) in [5, 5.41) is 1.51. The Morgan fingerprint density at radius 3 is 2.29 bits per heavy atom. The van der Waals surface area contributed by atoms with Crippen molar-refractivity contribution in [1.82, 2.24) is 5.06 Å². The number of esters is 1. The van der Waals surface area contributed by atoms with Gasteiger partial charge < -0.3 is 4.74 Å². The number of carbonyl (C=O) groups is 4. The van der Waals surface area contributed by atoms with Gasteiger partial charge in [0.2, 0.25) is 0 Å². The highest BCUT2D eigenvalue weighted by atomic mass is 19.1. The van der Waals surface area contributed by atoms with E-state index < -0.39 is 29.4 Å². The number of hydrogen-bond acceptors (Lipinski definition) is 6. The van der Waals surface area contributed by atoms with Gasteiger partial charge in [-0.05, 0) is 53.6 Å². The predicted octanol–water partition coefficient (Wildman–Crippen LogP) is 3.45. The van der Waals surface area contributed by atoms with E-state index in [-0.39, 0.29) is 35.5 Å². The minimum absolute atomic E-state index is 0.0181. The lowest BCUT2D eigenvalue weighted by Gasteiger charge is -2.17. The van der Waals surface area contributed by atoms with Crippen LogP contribution >= 0.6 is 0 Å². The largest absolute Gasteiger partial charge is 0.460 e. The molecule has 8 heteroatoms. The quantitative estimate of drug-likeness (QED) is 0.262. The molecule has 0 saturated carbocycles. The molecule has 3 aromatic carbocycles. The molecule has 0 radical (unpaired) electrons. The second-order valence-corrected chi connectivity index (χ2v) is 6.73. The lowest BCUT2D eigenvalue weighted by Crippen LogP contribution is -2.30. The number of halogens is 1. The number of amides is 2. The summed E-state index contributed by atoms with van der Waals surface area (Å²) in [7, 11) is 0. The SMILES string of the molecule is CCOC(=O)C(=O)c1ccc2cc(F)ccc2c1CON1C(=O)c2ccccc2C1=O. The monoisotopic (exact) mass is 421 g/mol. The summed E-state index contributed by atoms with van der Waals surface area (Å²) in [6, 6.07) is 13.0. The Balaban J connectivity index is 1.71. The minimum atomic E-state index is -1.05. The lowest BCUT2D eigenvalue weighted by atomic mass is 9.96. The number of carbonyl (C=O) groups excluding carboxylic acids is 4. The summed E-state index contributed by atoms with van der Waals surface area (Å²) in [6.45, 7) is 1.21. The Morgan fingerprint density at radius 1 is 0.968 bits per heavy atom. The number of ether oxygens (including phenoxy) is 1. The standard InChI is InChI=1S/C23H16FNO6/c1-2-30-23(29)20(26)16-9-7-13-11-14(24)8-10-15(13)19(16)12-31-25-21(27)17-5-3-4-6-18(17)22(25)28/h3-11H,2,12H2,1H3. The molecule has 1 aliphatic rings. The minimum Gasteiger partial charge on any atom is -0.460 e. The molecule has 7 nitrogen and oxygen atoms in total. The third kappa shape index (κ3) is 3.57. The lowest BCUT2D eigenvalue weighted by molar-refractivity contribution is -0.137. The fraction of sp³-hybridized carbons (Fsp3) is 0.130. The number of hydrogen-bond donors (Lipinski definition) is 0. The van der Waals surface area contributed by atoms with Gasteiger partial charge in [0, 0.05) is 5.56 Å². The predicted molar refractivity (Wildman–Crippen MR) is 107 cm³/mol. The highest BCUT2D eigenvalue weighted by Crippen LogP contribution is 2.28. The van der Waals surface area contributed by atoms with Crippen molar-refractivity contribution in [3.63, 3.8) is 0 Å². The smallest absolute Gasteiger partial charge is 0.379 e. The van der Waals surface area contributed by atoms with Crippen LogP contribution in [0.15, 0.2) is 54.6 Å². The molecule has 0 aromatic heterocycles. The summed E-state index contributed by atoms with van der Waals surface area (Å²) < 4.78 is 18.5. The van der Waals surface area contributed by atoms with Gasteiger partial charge in [-0.1, -0.05) is 24.3 Å². The van der Waals surface area contributed by atoms with Gasteiger partial charge in [0.15, 0.2) is 0 Å². The van der Waals surface area contributed by atoms with Gasteiger partial charge in [0.05, 0.1) is 17.7 Å². The van der Waals surface area contributed by atoms with E-state index in [1.165, 1.54) is 42.5 Å². The molecule has 0 N–H and O–H groups in total. The Hall–Kier alpha value is -3.91. The van der Waals surface area contributed by atoms with E-state index in [2.05, 4.69) is 0 Å². The first-order chi connectivity index (χ1) is 14.9. The summed E-state index contributed by atoms with van der Waals surface area (Å²) in [5.41, 5.74) is 0.618. The molecule has 0 fully saturated rings. The van der Waals surface area contributed by atoms with Crippen molar-refractivity contribution < 1.29 is 33.1 Å². The number of ketones is 1. The van der Waals surface area contributed by atoms with E-state index in [0.29, 0.717) is 15.8 Å². The molecule has 1 heterocycles. The van der Waals surface area contributed by atoms with Crippen molar-refractivity contribution in [3.8, 4) is 0 Å². The van der Waals surface area contributed by atoms with E-state index in [0.717, 1.165) is 0 Å². The Morgan fingerprint density at radius 2 is 1.65 bits per heavy atom. The number of nitrogens with zero attached hydrogens (tertiary/aromatic N) is 1. The highest BCUT2D eigenvalue weighted by molar-refractivity contribution is 6.41. The molecule has 2 amide bonds. The van der Waals surface area contributed by atoms with Crippen LogP contribution in [-0.2, 0) is 21.0 Å². The van der Waals surface area contributed by atoms with E-state index in [4.69, 9.17) is 9.57 Å². The average molecular weight is 421 g/mol. The maximum atomic E-state index is 13.7. The van der Waals surface area contributed by atoms with Crippen molar-refractivity contribution in [1.29, 1.82) is 0 Å². The molecule has 0 unspecified atom stereocenters. The van der Waals surface area contributed by atoms with Crippen LogP contribution in [0.4, 0.5) is 4.39 Å². The third-order valence-electron chi connectivity index (χ3n) is 4.89. The first-order valence-electron chi connectivity index (χ1n) is 9.45. The number of hydroxylamine groups is 2. The number of rotatable bonds is 6. The number of fused-ring (bicyclic) bond motifs is 2. The summed E-state index contributed by atoms with van der Waals surface area (Å²) in [6.07, 6.45) is 0. The van der Waals surface area contributed by atoms with Crippen LogP contribution < -0.4 is 0 Å². The normalized spacial score (nSPS) is 12.9. The molecule has 4 rings (SSSR count). The Bertz CT molecular complexity index is 1220. The molecule has 156 valence electrons. The van der Waals surface area contributed by atoms with Crippen molar-refractivity contribution in [3.05, 3.63) is 82.7 Å². The van der Waals surface area contributed by atoms with Gasteiger partial charge in [-0.3, -0.25) is 19.2 Å². The van der Waals surface area contributed by atoms with Crippen LogP contribution in [0.5, 0.6) is 0 Å². The molecule has 3 aromatic rings. The summed E-state index contributed by atoms with van der Waals surface area (Å²) >= 11 is 0. The highest BCUT2D eigenvalue weighted by Gasteiger charge is 2.37. The summed E-state index contributed by atoms with van der Waals surface area (Å²) in [4.78, 5) is 55.2. The zero-order valence-electron chi connectivity index (χ0n) is 16.4. The van der Waals surface area contributed by atoms with Gasteiger partial charge in [-0.25, -0.2) is 9.18 Å². The van der Waals surface area contributed by atoms with Gasteiger partial charge >= 0.3 is 5.97 Å². The molecular weight excluding hydrogens is 405 g/mol. The molecule has 0 atom stereocenters. The number of Topliss-reactive ketones (excluding diaryl/α,β-unsaturated/α-hetero) is 1. The fourth-order valence-electron chi connectivity index (χ4n) is 3.45. The zero-order valence-corrected chi connectivity index (χ0v) is 16.4. The first-order valence-corrected chi connectivity index (χ1v) is 9.45. The van der Waals surface area contributed by atoms with E-state index in [1.54, 1.807) is 19.1 Å². The Labute approximate surface area is 175 Å². The molecular formula is C23H16FNO6. The zero-order chi connectivity index (χ0) is 22.1. The van der Waals surface area contributed by atoms with Gasteiger partial charge in [-0.15, -0.1) is 5.06 Å². The fourth-order valence-corrected chi connectivity index (χ4v) is 3.45.